The molecule has 0 spiro atoms. The highest BCUT2D eigenvalue weighted by atomic mass is 16.5. The number of hydrogen-bond donors (Lipinski definition) is 1. The lowest BCUT2D eigenvalue weighted by Gasteiger charge is -2.38. The van der Waals surface area contributed by atoms with Crippen LogP contribution in [0.25, 0.3) is 0 Å². The Kier molecular flexibility index (Phi) is 6.12. The molecule has 5 heteroatoms. The van der Waals surface area contributed by atoms with Gasteiger partial charge in [-0.15, -0.1) is 0 Å². The van der Waals surface area contributed by atoms with Gasteiger partial charge in [-0.25, -0.2) is 0 Å². The van der Waals surface area contributed by atoms with Crippen molar-refractivity contribution < 1.29 is 14.6 Å². The van der Waals surface area contributed by atoms with Gasteiger partial charge >= 0.3 is 0 Å². The molecule has 0 aliphatic carbocycles. The van der Waals surface area contributed by atoms with Crippen LogP contribution in [0.3, 0.4) is 0 Å². The van der Waals surface area contributed by atoms with Crippen molar-refractivity contribution in [2.45, 2.75) is 19.4 Å². The lowest BCUT2D eigenvalue weighted by Crippen LogP contribution is -2.49. The van der Waals surface area contributed by atoms with E-state index in [0.717, 1.165) is 26.2 Å². The minimum atomic E-state index is 0.122. The highest BCUT2D eigenvalue weighted by Crippen LogP contribution is 2.21. The van der Waals surface area contributed by atoms with Gasteiger partial charge in [0.1, 0.15) is 11.5 Å². The lowest BCUT2D eigenvalue weighted by atomic mass is 10.1. The first kappa shape index (κ1) is 18.3. The molecule has 1 heterocycles. The van der Waals surface area contributed by atoms with Crippen LogP contribution in [-0.2, 0) is 4.79 Å². The number of aromatic hydroxyl groups is 1. The molecule has 1 aliphatic heterocycles. The number of phenolic OH excluding ortho intramolecular Hbond substituents is 1. The number of piperazine rings is 1. The Bertz CT molecular complexity index is 712. The van der Waals surface area contributed by atoms with E-state index in [4.69, 9.17) is 4.74 Å². The normalized spacial score (nSPS) is 16.3. The summed E-state index contributed by atoms with van der Waals surface area (Å²) in [6.45, 7) is 5.81. The van der Waals surface area contributed by atoms with Gasteiger partial charge in [0.25, 0.3) is 0 Å². The molecule has 1 unspecified atom stereocenters. The summed E-state index contributed by atoms with van der Waals surface area (Å²) < 4.78 is 5.55. The molecule has 0 bridgehead atoms. The van der Waals surface area contributed by atoms with Crippen molar-refractivity contribution in [1.82, 2.24) is 9.80 Å². The number of phenols is 1. The number of amides is 1. The fraction of sp³-hybridized carbons (Fsp3) is 0.381. The minimum Gasteiger partial charge on any atom is -0.508 e. The molecule has 0 radical (unpaired) electrons. The highest BCUT2D eigenvalue weighted by Gasteiger charge is 2.24. The maximum Gasteiger partial charge on any atom is 0.226 e. The smallest absolute Gasteiger partial charge is 0.226 e. The van der Waals surface area contributed by atoms with Crippen molar-refractivity contribution in [2.75, 3.05) is 32.8 Å². The van der Waals surface area contributed by atoms with Crippen LogP contribution in [0.1, 0.15) is 24.9 Å². The first-order chi connectivity index (χ1) is 12.6. The molecule has 138 valence electrons. The van der Waals surface area contributed by atoms with E-state index in [-0.39, 0.29) is 11.7 Å². The van der Waals surface area contributed by atoms with Gasteiger partial charge in [-0.3, -0.25) is 9.69 Å². The molecule has 1 amide bonds. The molecule has 1 saturated heterocycles. The second-order valence-electron chi connectivity index (χ2n) is 6.60. The Labute approximate surface area is 154 Å². The molecular formula is C21H26N2O3. The predicted molar refractivity (Wildman–Crippen MR) is 101 cm³/mol. The Balaban J connectivity index is 1.42. The van der Waals surface area contributed by atoms with Crippen LogP contribution < -0.4 is 4.74 Å². The molecule has 5 nitrogen and oxygen atoms in total. The number of nitrogens with zero attached hydrogens (tertiary/aromatic N) is 2. The van der Waals surface area contributed by atoms with E-state index in [1.54, 1.807) is 24.3 Å². The summed E-state index contributed by atoms with van der Waals surface area (Å²) in [4.78, 5) is 16.7. The van der Waals surface area contributed by atoms with Crippen LogP contribution in [0, 0.1) is 0 Å². The van der Waals surface area contributed by atoms with Gasteiger partial charge in [-0.05, 0) is 24.6 Å². The van der Waals surface area contributed by atoms with Crippen molar-refractivity contribution in [3.05, 3.63) is 60.2 Å². The van der Waals surface area contributed by atoms with Crippen LogP contribution in [0.5, 0.6) is 11.5 Å². The Hall–Kier alpha value is -2.53. The van der Waals surface area contributed by atoms with Crippen molar-refractivity contribution in [3.63, 3.8) is 0 Å². The van der Waals surface area contributed by atoms with Crippen LogP contribution in [-0.4, -0.2) is 53.6 Å². The number of ether oxygens (including phenoxy) is 1. The quantitative estimate of drug-likeness (QED) is 0.866. The first-order valence-corrected chi connectivity index (χ1v) is 9.12. The fourth-order valence-corrected chi connectivity index (χ4v) is 3.29. The van der Waals surface area contributed by atoms with Gasteiger partial charge < -0.3 is 14.7 Å². The summed E-state index contributed by atoms with van der Waals surface area (Å²) in [5, 5.41) is 9.42. The van der Waals surface area contributed by atoms with Gasteiger partial charge in [0.2, 0.25) is 5.91 Å². The Morgan fingerprint density at radius 1 is 1.08 bits per heavy atom. The van der Waals surface area contributed by atoms with E-state index >= 15 is 0 Å². The second-order valence-corrected chi connectivity index (χ2v) is 6.60. The van der Waals surface area contributed by atoms with Gasteiger partial charge in [0, 0.05) is 38.3 Å². The molecule has 1 aliphatic rings. The standard InChI is InChI=1S/C21H26N2O3/c1-17(18-6-3-2-4-7-18)22-11-13-23(14-12-22)21(25)10-15-26-20-9-5-8-19(24)16-20/h2-9,16-17,24H,10-15H2,1H3. The zero-order chi connectivity index (χ0) is 18.4. The summed E-state index contributed by atoms with van der Waals surface area (Å²) in [5.41, 5.74) is 1.31. The molecule has 26 heavy (non-hydrogen) atoms. The van der Waals surface area contributed by atoms with E-state index in [0.29, 0.717) is 24.8 Å². The highest BCUT2D eigenvalue weighted by molar-refractivity contribution is 5.76. The zero-order valence-electron chi connectivity index (χ0n) is 15.2. The largest absolute Gasteiger partial charge is 0.508 e. The summed E-state index contributed by atoms with van der Waals surface area (Å²) >= 11 is 0. The summed E-state index contributed by atoms with van der Waals surface area (Å²) in [7, 11) is 0. The molecule has 1 N–H and O–H groups in total. The summed E-state index contributed by atoms with van der Waals surface area (Å²) in [5.74, 6) is 0.869. The average molecular weight is 354 g/mol. The zero-order valence-corrected chi connectivity index (χ0v) is 15.2. The Morgan fingerprint density at radius 3 is 2.50 bits per heavy atom. The number of hydrogen-bond acceptors (Lipinski definition) is 4. The topological polar surface area (TPSA) is 53.0 Å². The molecule has 0 aromatic heterocycles. The third-order valence-electron chi connectivity index (χ3n) is 4.90. The molecule has 3 rings (SSSR count). The number of benzene rings is 2. The molecule has 1 atom stereocenters. The van der Waals surface area contributed by atoms with Crippen LogP contribution in [0.15, 0.2) is 54.6 Å². The second kappa shape index (κ2) is 8.72. The van der Waals surface area contributed by atoms with E-state index in [1.165, 1.54) is 5.56 Å². The van der Waals surface area contributed by atoms with Crippen LogP contribution in [0.4, 0.5) is 0 Å². The number of carbonyl (C=O) groups is 1. The monoisotopic (exact) mass is 354 g/mol. The third kappa shape index (κ3) is 4.76. The van der Waals surface area contributed by atoms with Gasteiger partial charge in [-0.1, -0.05) is 36.4 Å². The van der Waals surface area contributed by atoms with Crippen molar-refractivity contribution in [1.29, 1.82) is 0 Å². The van der Waals surface area contributed by atoms with Crippen LogP contribution in [0.2, 0.25) is 0 Å². The van der Waals surface area contributed by atoms with Crippen LogP contribution >= 0.6 is 0 Å². The SMILES string of the molecule is CC(c1ccccc1)N1CCN(C(=O)CCOc2cccc(O)c2)CC1. The maximum absolute atomic E-state index is 12.4. The van der Waals surface area contributed by atoms with E-state index in [9.17, 15) is 9.90 Å². The molecule has 0 saturated carbocycles. The van der Waals surface area contributed by atoms with Crippen molar-refractivity contribution >= 4 is 5.91 Å². The molecule has 1 fully saturated rings. The molecule has 2 aromatic carbocycles. The maximum atomic E-state index is 12.4. The Morgan fingerprint density at radius 2 is 1.81 bits per heavy atom. The van der Waals surface area contributed by atoms with Gasteiger partial charge in [-0.2, -0.15) is 0 Å². The fourth-order valence-electron chi connectivity index (χ4n) is 3.29. The van der Waals surface area contributed by atoms with Gasteiger partial charge in [0.15, 0.2) is 0 Å². The third-order valence-corrected chi connectivity index (χ3v) is 4.90. The number of carbonyl (C=O) groups excluding carboxylic acids is 1. The lowest BCUT2D eigenvalue weighted by molar-refractivity contribution is -0.133. The minimum absolute atomic E-state index is 0.122. The number of rotatable bonds is 6. The summed E-state index contributed by atoms with van der Waals surface area (Å²) in [6, 6.07) is 17.5. The van der Waals surface area contributed by atoms with E-state index in [1.807, 2.05) is 11.0 Å². The van der Waals surface area contributed by atoms with Crippen molar-refractivity contribution in [2.24, 2.45) is 0 Å². The molecular weight excluding hydrogens is 328 g/mol. The van der Waals surface area contributed by atoms with Gasteiger partial charge in [0.05, 0.1) is 13.0 Å². The van der Waals surface area contributed by atoms with E-state index in [2.05, 4.69) is 36.1 Å². The van der Waals surface area contributed by atoms with E-state index < -0.39 is 0 Å². The first-order valence-electron chi connectivity index (χ1n) is 9.12. The van der Waals surface area contributed by atoms with Crippen molar-refractivity contribution in [3.8, 4) is 11.5 Å². The predicted octanol–water partition coefficient (Wildman–Crippen LogP) is 3.07. The summed E-state index contributed by atoms with van der Waals surface area (Å²) in [6.07, 6.45) is 0.351. The molecule has 2 aromatic rings. The average Bonchev–Trinajstić information content (AvgIpc) is 2.68.